The fraction of sp³-hybridized carbons (Fsp3) is 0.143. The molecule has 0 bridgehead atoms. The van der Waals surface area contributed by atoms with Crippen molar-refractivity contribution in [1.82, 2.24) is 4.98 Å². The lowest BCUT2D eigenvalue weighted by molar-refractivity contribution is 0.102. The van der Waals surface area contributed by atoms with Gasteiger partial charge in [0.1, 0.15) is 11.6 Å². The molecule has 0 spiro atoms. The maximum absolute atomic E-state index is 12.2. The SMILES string of the molecule is COc1ccc(Br)c(C(=O)Nc2ncccc2C)c1. The van der Waals surface area contributed by atoms with Crippen molar-refractivity contribution in [2.75, 3.05) is 12.4 Å². The van der Waals surface area contributed by atoms with Crippen molar-refractivity contribution >= 4 is 27.7 Å². The number of methoxy groups -OCH3 is 1. The van der Waals surface area contributed by atoms with Crippen molar-refractivity contribution in [3.05, 3.63) is 52.1 Å². The number of amides is 1. The summed E-state index contributed by atoms with van der Waals surface area (Å²) in [4.78, 5) is 16.4. The van der Waals surface area contributed by atoms with Crippen molar-refractivity contribution in [3.63, 3.8) is 0 Å². The van der Waals surface area contributed by atoms with Crippen LogP contribution < -0.4 is 10.1 Å². The number of rotatable bonds is 3. The van der Waals surface area contributed by atoms with Gasteiger partial charge < -0.3 is 10.1 Å². The Hall–Kier alpha value is -1.88. The molecule has 19 heavy (non-hydrogen) atoms. The second-order valence-corrected chi connectivity index (χ2v) is 4.82. The fourth-order valence-electron chi connectivity index (χ4n) is 1.60. The molecule has 4 nitrogen and oxygen atoms in total. The molecule has 98 valence electrons. The standard InChI is InChI=1S/C14H13BrN2O2/c1-9-4-3-7-16-13(9)17-14(18)11-8-10(19-2)5-6-12(11)15/h3-8H,1-2H3,(H,16,17,18). The minimum absolute atomic E-state index is 0.229. The minimum Gasteiger partial charge on any atom is -0.497 e. The molecule has 0 aliphatic carbocycles. The van der Waals surface area contributed by atoms with E-state index in [1.807, 2.05) is 19.1 Å². The quantitative estimate of drug-likeness (QED) is 0.942. The maximum Gasteiger partial charge on any atom is 0.258 e. The van der Waals surface area contributed by atoms with Crippen molar-refractivity contribution in [1.29, 1.82) is 0 Å². The average Bonchev–Trinajstić information content (AvgIpc) is 2.42. The number of benzene rings is 1. The Balaban J connectivity index is 2.28. The van der Waals surface area contributed by atoms with Crippen LogP contribution in [0.4, 0.5) is 5.82 Å². The third-order valence-corrected chi connectivity index (χ3v) is 3.35. The Morgan fingerprint density at radius 1 is 1.37 bits per heavy atom. The topological polar surface area (TPSA) is 51.2 Å². The first kappa shape index (κ1) is 13.5. The van der Waals surface area contributed by atoms with E-state index in [2.05, 4.69) is 26.2 Å². The Kier molecular flexibility index (Phi) is 4.16. The summed E-state index contributed by atoms with van der Waals surface area (Å²) in [5, 5.41) is 2.78. The third-order valence-electron chi connectivity index (χ3n) is 2.66. The zero-order chi connectivity index (χ0) is 13.8. The smallest absolute Gasteiger partial charge is 0.258 e. The van der Waals surface area contributed by atoms with Gasteiger partial charge in [-0.3, -0.25) is 4.79 Å². The van der Waals surface area contributed by atoms with E-state index in [9.17, 15) is 4.79 Å². The highest BCUT2D eigenvalue weighted by atomic mass is 79.9. The van der Waals surface area contributed by atoms with Crippen LogP contribution in [0.5, 0.6) is 5.75 Å². The van der Waals surface area contributed by atoms with E-state index in [4.69, 9.17) is 4.74 Å². The third kappa shape index (κ3) is 3.12. The lowest BCUT2D eigenvalue weighted by atomic mass is 10.2. The molecule has 2 rings (SSSR count). The van der Waals surface area contributed by atoms with Crippen molar-refractivity contribution in [2.24, 2.45) is 0 Å². The van der Waals surface area contributed by atoms with Gasteiger partial charge >= 0.3 is 0 Å². The predicted molar refractivity (Wildman–Crippen MR) is 77.6 cm³/mol. The van der Waals surface area contributed by atoms with E-state index < -0.39 is 0 Å². The van der Waals surface area contributed by atoms with Crippen LogP contribution in [0.25, 0.3) is 0 Å². The fourth-order valence-corrected chi connectivity index (χ4v) is 2.02. The molecule has 0 saturated carbocycles. The summed E-state index contributed by atoms with van der Waals surface area (Å²) < 4.78 is 5.83. The zero-order valence-electron chi connectivity index (χ0n) is 10.6. The van der Waals surface area contributed by atoms with Crippen LogP contribution in [-0.4, -0.2) is 18.0 Å². The van der Waals surface area contributed by atoms with Crippen LogP contribution in [0, 0.1) is 6.92 Å². The molecule has 0 fully saturated rings. The molecule has 0 radical (unpaired) electrons. The van der Waals surface area contributed by atoms with Gasteiger partial charge in [-0.05, 0) is 52.7 Å². The number of nitrogens with one attached hydrogen (secondary N) is 1. The maximum atomic E-state index is 12.2. The van der Waals surface area contributed by atoms with Crippen LogP contribution in [0.2, 0.25) is 0 Å². The number of hydrogen-bond donors (Lipinski definition) is 1. The number of halogens is 1. The van der Waals surface area contributed by atoms with E-state index >= 15 is 0 Å². The lowest BCUT2D eigenvalue weighted by Gasteiger charge is -2.09. The summed E-state index contributed by atoms with van der Waals surface area (Å²) in [6.45, 7) is 1.89. The highest BCUT2D eigenvalue weighted by Crippen LogP contribution is 2.23. The number of nitrogens with zero attached hydrogens (tertiary/aromatic N) is 1. The van der Waals surface area contributed by atoms with E-state index in [1.54, 1.807) is 31.5 Å². The molecule has 0 saturated heterocycles. The first-order valence-corrected chi connectivity index (χ1v) is 6.47. The van der Waals surface area contributed by atoms with Crippen LogP contribution in [0.1, 0.15) is 15.9 Å². The second-order valence-electron chi connectivity index (χ2n) is 3.97. The number of aromatic nitrogens is 1. The molecule has 0 aliphatic rings. The highest BCUT2D eigenvalue weighted by Gasteiger charge is 2.13. The van der Waals surface area contributed by atoms with Gasteiger partial charge in [-0.1, -0.05) is 6.07 Å². The van der Waals surface area contributed by atoms with Gasteiger partial charge in [-0.25, -0.2) is 4.98 Å². The molecule has 2 aromatic rings. The second kappa shape index (κ2) is 5.84. The molecule has 1 aromatic heterocycles. The molecule has 0 unspecified atom stereocenters. The van der Waals surface area contributed by atoms with E-state index in [0.717, 1.165) is 5.56 Å². The molecule has 0 aliphatic heterocycles. The lowest BCUT2D eigenvalue weighted by Crippen LogP contribution is -2.14. The van der Waals surface area contributed by atoms with Gasteiger partial charge in [0.25, 0.3) is 5.91 Å². The van der Waals surface area contributed by atoms with Crippen molar-refractivity contribution < 1.29 is 9.53 Å². The largest absolute Gasteiger partial charge is 0.497 e. The highest BCUT2D eigenvalue weighted by molar-refractivity contribution is 9.10. The molecule has 1 N–H and O–H groups in total. The van der Waals surface area contributed by atoms with Crippen molar-refractivity contribution in [3.8, 4) is 5.75 Å². The van der Waals surface area contributed by atoms with Crippen molar-refractivity contribution in [2.45, 2.75) is 6.92 Å². The van der Waals surface area contributed by atoms with Gasteiger partial charge in [0, 0.05) is 10.7 Å². The summed E-state index contributed by atoms with van der Waals surface area (Å²) in [7, 11) is 1.56. The molecule has 0 atom stereocenters. The Morgan fingerprint density at radius 3 is 2.84 bits per heavy atom. The van der Waals surface area contributed by atoms with Crippen LogP contribution in [-0.2, 0) is 0 Å². The summed E-state index contributed by atoms with van der Waals surface area (Å²) in [5.74, 6) is 0.959. The predicted octanol–water partition coefficient (Wildman–Crippen LogP) is 3.41. The van der Waals surface area contributed by atoms with E-state index in [-0.39, 0.29) is 5.91 Å². The van der Waals surface area contributed by atoms with Gasteiger partial charge in [0.15, 0.2) is 0 Å². The molecular formula is C14H13BrN2O2. The van der Waals surface area contributed by atoms with E-state index in [1.165, 1.54) is 0 Å². The molecular weight excluding hydrogens is 308 g/mol. The van der Waals surface area contributed by atoms with Gasteiger partial charge in [0.05, 0.1) is 12.7 Å². The molecule has 1 amide bonds. The molecule has 1 heterocycles. The molecule has 1 aromatic carbocycles. The summed E-state index contributed by atoms with van der Waals surface area (Å²) in [6, 6.07) is 8.96. The molecule has 5 heteroatoms. The van der Waals surface area contributed by atoms with Crippen LogP contribution in [0.15, 0.2) is 41.0 Å². The first-order valence-electron chi connectivity index (χ1n) is 5.68. The summed E-state index contributed by atoms with van der Waals surface area (Å²) in [5.41, 5.74) is 1.42. The normalized spacial score (nSPS) is 10.1. The summed E-state index contributed by atoms with van der Waals surface area (Å²) >= 11 is 3.36. The number of carbonyl (C=O) groups excluding carboxylic acids is 1. The Labute approximate surface area is 119 Å². The Bertz CT molecular complexity index is 614. The zero-order valence-corrected chi connectivity index (χ0v) is 12.2. The number of hydrogen-bond acceptors (Lipinski definition) is 3. The van der Waals surface area contributed by atoms with Gasteiger partial charge in [0.2, 0.25) is 0 Å². The number of aryl methyl sites for hydroxylation is 1. The average molecular weight is 321 g/mol. The van der Waals surface area contributed by atoms with Gasteiger partial charge in [-0.2, -0.15) is 0 Å². The first-order chi connectivity index (χ1) is 9.11. The number of pyridine rings is 1. The van der Waals surface area contributed by atoms with E-state index in [0.29, 0.717) is 21.6 Å². The van der Waals surface area contributed by atoms with Crippen LogP contribution >= 0.6 is 15.9 Å². The minimum atomic E-state index is -0.229. The Morgan fingerprint density at radius 2 is 2.16 bits per heavy atom. The number of anilines is 1. The number of carbonyl (C=O) groups is 1. The monoisotopic (exact) mass is 320 g/mol. The summed E-state index contributed by atoms with van der Waals surface area (Å²) in [6.07, 6.45) is 1.64. The number of ether oxygens (including phenoxy) is 1. The van der Waals surface area contributed by atoms with Gasteiger partial charge in [-0.15, -0.1) is 0 Å². The van der Waals surface area contributed by atoms with Crippen LogP contribution in [0.3, 0.4) is 0 Å².